The number of aryl methyl sites for hydroxylation is 2. The fraction of sp³-hybridized carbons (Fsp3) is 0.500. The summed E-state index contributed by atoms with van der Waals surface area (Å²) < 4.78 is 5.32. The first-order valence-corrected chi connectivity index (χ1v) is 5.96. The minimum Gasteiger partial charge on any atom is -0.496 e. The standard InChI is InChI=1S/C14H21NO3/c1-9-6-12(7-10(2)14(9)18-5)15(4)11(3)8-13(16)17/h6-7,11H,8H2,1-5H3,(H,16,17). The maximum atomic E-state index is 10.7. The van der Waals surface area contributed by atoms with Gasteiger partial charge in [-0.05, 0) is 44.0 Å². The molecule has 0 aliphatic rings. The zero-order valence-corrected chi connectivity index (χ0v) is 11.7. The molecular weight excluding hydrogens is 230 g/mol. The molecule has 0 bridgehead atoms. The van der Waals surface area contributed by atoms with Crippen LogP contribution in [0.1, 0.15) is 24.5 Å². The van der Waals surface area contributed by atoms with Crippen LogP contribution in [-0.2, 0) is 4.79 Å². The van der Waals surface area contributed by atoms with Crippen LogP contribution in [0.5, 0.6) is 5.75 Å². The average molecular weight is 251 g/mol. The minimum absolute atomic E-state index is 0.0466. The van der Waals surface area contributed by atoms with Crippen molar-refractivity contribution in [1.82, 2.24) is 0 Å². The number of methoxy groups -OCH3 is 1. The molecule has 0 aliphatic heterocycles. The van der Waals surface area contributed by atoms with Gasteiger partial charge in [-0.2, -0.15) is 0 Å². The number of rotatable bonds is 5. The van der Waals surface area contributed by atoms with Crippen LogP contribution in [0.15, 0.2) is 12.1 Å². The summed E-state index contributed by atoms with van der Waals surface area (Å²) in [6.45, 7) is 5.89. The van der Waals surface area contributed by atoms with E-state index in [0.29, 0.717) is 0 Å². The summed E-state index contributed by atoms with van der Waals surface area (Å²) in [6.07, 6.45) is 0.126. The number of aliphatic carboxylic acids is 1. The Bertz CT molecular complexity index is 420. The van der Waals surface area contributed by atoms with E-state index in [0.717, 1.165) is 22.6 Å². The van der Waals surface area contributed by atoms with Gasteiger partial charge in [0, 0.05) is 18.8 Å². The van der Waals surface area contributed by atoms with Crippen molar-refractivity contribution in [3.05, 3.63) is 23.3 Å². The predicted molar refractivity (Wildman–Crippen MR) is 72.6 cm³/mol. The molecule has 0 aromatic heterocycles. The van der Waals surface area contributed by atoms with Gasteiger partial charge in [0.25, 0.3) is 0 Å². The van der Waals surface area contributed by atoms with Gasteiger partial charge in [0.2, 0.25) is 0 Å². The molecule has 4 nitrogen and oxygen atoms in total. The quantitative estimate of drug-likeness (QED) is 0.874. The van der Waals surface area contributed by atoms with Crippen molar-refractivity contribution in [2.45, 2.75) is 33.2 Å². The van der Waals surface area contributed by atoms with Gasteiger partial charge in [-0.1, -0.05) is 0 Å². The summed E-state index contributed by atoms with van der Waals surface area (Å²) in [7, 11) is 3.57. The van der Waals surface area contributed by atoms with Crippen molar-refractivity contribution in [2.24, 2.45) is 0 Å². The highest BCUT2D eigenvalue weighted by Gasteiger charge is 2.15. The van der Waals surface area contributed by atoms with E-state index >= 15 is 0 Å². The van der Waals surface area contributed by atoms with Crippen molar-refractivity contribution >= 4 is 11.7 Å². The highest BCUT2D eigenvalue weighted by atomic mass is 16.5. The lowest BCUT2D eigenvalue weighted by Crippen LogP contribution is -2.31. The number of carboxylic acids is 1. The van der Waals surface area contributed by atoms with Crippen LogP contribution in [0.25, 0.3) is 0 Å². The van der Waals surface area contributed by atoms with E-state index in [-0.39, 0.29) is 12.5 Å². The second kappa shape index (κ2) is 5.76. The van der Waals surface area contributed by atoms with Crippen LogP contribution >= 0.6 is 0 Å². The Hall–Kier alpha value is -1.71. The lowest BCUT2D eigenvalue weighted by molar-refractivity contribution is -0.137. The van der Waals surface area contributed by atoms with Gasteiger partial charge in [0.15, 0.2) is 0 Å². The maximum Gasteiger partial charge on any atom is 0.305 e. The maximum absolute atomic E-state index is 10.7. The summed E-state index contributed by atoms with van der Waals surface area (Å²) in [5, 5.41) is 8.82. The van der Waals surface area contributed by atoms with Crippen LogP contribution in [0, 0.1) is 13.8 Å². The Balaban J connectivity index is 3.00. The van der Waals surface area contributed by atoms with Gasteiger partial charge >= 0.3 is 5.97 Å². The highest BCUT2D eigenvalue weighted by Crippen LogP contribution is 2.29. The van der Waals surface area contributed by atoms with Crippen molar-refractivity contribution in [3.8, 4) is 5.75 Å². The SMILES string of the molecule is COc1c(C)cc(N(C)C(C)CC(=O)O)cc1C. The number of carbonyl (C=O) groups is 1. The molecule has 0 heterocycles. The molecule has 0 radical (unpaired) electrons. The van der Waals surface area contributed by atoms with Crippen molar-refractivity contribution in [1.29, 1.82) is 0 Å². The lowest BCUT2D eigenvalue weighted by atomic mass is 10.1. The highest BCUT2D eigenvalue weighted by molar-refractivity contribution is 5.68. The van der Waals surface area contributed by atoms with Gasteiger partial charge < -0.3 is 14.7 Å². The summed E-state index contributed by atoms with van der Waals surface area (Å²) in [6, 6.07) is 3.99. The van der Waals surface area contributed by atoms with Gasteiger partial charge in [0.1, 0.15) is 5.75 Å². The Morgan fingerprint density at radius 3 is 2.28 bits per heavy atom. The second-order valence-electron chi connectivity index (χ2n) is 4.67. The normalized spacial score (nSPS) is 12.1. The average Bonchev–Trinajstić information content (AvgIpc) is 2.26. The molecular formula is C14H21NO3. The first-order chi connectivity index (χ1) is 8.36. The number of nitrogens with zero attached hydrogens (tertiary/aromatic N) is 1. The number of ether oxygens (including phenoxy) is 1. The van der Waals surface area contributed by atoms with Crippen LogP contribution in [0.2, 0.25) is 0 Å². The van der Waals surface area contributed by atoms with Crippen LogP contribution in [0.3, 0.4) is 0 Å². The van der Waals surface area contributed by atoms with E-state index in [2.05, 4.69) is 0 Å². The third-order valence-corrected chi connectivity index (χ3v) is 3.19. The molecule has 0 spiro atoms. The van der Waals surface area contributed by atoms with Gasteiger partial charge in [-0.3, -0.25) is 4.79 Å². The summed E-state index contributed by atoms with van der Waals surface area (Å²) >= 11 is 0. The number of anilines is 1. The number of benzene rings is 1. The topological polar surface area (TPSA) is 49.8 Å². The molecule has 1 aromatic carbocycles. The third kappa shape index (κ3) is 3.15. The Morgan fingerprint density at radius 2 is 1.89 bits per heavy atom. The predicted octanol–water partition coefficient (Wildman–Crippen LogP) is 2.61. The summed E-state index contributed by atoms with van der Waals surface area (Å²) in [4.78, 5) is 12.7. The number of hydrogen-bond acceptors (Lipinski definition) is 3. The zero-order chi connectivity index (χ0) is 13.9. The molecule has 0 amide bonds. The van der Waals surface area contributed by atoms with E-state index < -0.39 is 5.97 Å². The van der Waals surface area contributed by atoms with E-state index in [1.54, 1.807) is 7.11 Å². The monoisotopic (exact) mass is 251 g/mol. The molecule has 4 heteroatoms. The molecule has 1 aromatic rings. The molecule has 1 N–H and O–H groups in total. The van der Waals surface area contributed by atoms with Crippen LogP contribution < -0.4 is 9.64 Å². The fourth-order valence-electron chi connectivity index (χ4n) is 2.10. The molecule has 0 saturated heterocycles. The molecule has 1 atom stereocenters. The van der Waals surface area contributed by atoms with Crippen molar-refractivity contribution in [3.63, 3.8) is 0 Å². The Labute approximate surface area is 108 Å². The van der Waals surface area contributed by atoms with E-state index in [1.165, 1.54) is 0 Å². The molecule has 0 fully saturated rings. The van der Waals surface area contributed by atoms with E-state index in [9.17, 15) is 4.79 Å². The zero-order valence-electron chi connectivity index (χ0n) is 11.7. The summed E-state index contributed by atoms with van der Waals surface area (Å²) in [5.74, 6) is 0.106. The molecule has 0 aliphatic carbocycles. The molecule has 1 unspecified atom stereocenters. The van der Waals surface area contributed by atoms with Crippen LogP contribution in [-0.4, -0.2) is 31.3 Å². The second-order valence-corrected chi connectivity index (χ2v) is 4.67. The molecule has 100 valence electrons. The van der Waals surface area contributed by atoms with Gasteiger partial charge in [0.05, 0.1) is 13.5 Å². The summed E-state index contributed by atoms with van der Waals surface area (Å²) in [5.41, 5.74) is 3.13. The fourth-order valence-corrected chi connectivity index (χ4v) is 2.10. The first kappa shape index (κ1) is 14.4. The van der Waals surface area contributed by atoms with Crippen molar-refractivity contribution in [2.75, 3.05) is 19.1 Å². The molecule has 1 rings (SSSR count). The Kier molecular flexibility index (Phi) is 4.59. The lowest BCUT2D eigenvalue weighted by Gasteiger charge is -2.27. The van der Waals surface area contributed by atoms with Crippen LogP contribution in [0.4, 0.5) is 5.69 Å². The number of hydrogen-bond donors (Lipinski definition) is 1. The first-order valence-electron chi connectivity index (χ1n) is 5.96. The van der Waals surface area contributed by atoms with E-state index in [4.69, 9.17) is 9.84 Å². The Morgan fingerprint density at radius 1 is 1.39 bits per heavy atom. The van der Waals surface area contributed by atoms with Gasteiger partial charge in [-0.15, -0.1) is 0 Å². The third-order valence-electron chi connectivity index (χ3n) is 3.19. The van der Waals surface area contributed by atoms with Gasteiger partial charge in [-0.25, -0.2) is 0 Å². The van der Waals surface area contributed by atoms with Crippen molar-refractivity contribution < 1.29 is 14.6 Å². The van der Waals surface area contributed by atoms with E-state index in [1.807, 2.05) is 44.9 Å². The minimum atomic E-state index is -0.781. The molecule has 18 heavy (non-hydrogen) atoms. The smallest absolute Gasteiger partial charge is 0.305 e. The largest absolute Gasteiger partial charge is 0.496 e. The number of carboxylic acid groups (broad SMARTS) is 1. The molecule has 0 saturated carbocycles.